The molecule has 2 N–H and O–H groups in total. The van der Waals surface area contributed by atoms with Crippen molar-refractivity contribution < 1.29 is 19.1 Å². The van der Waals surface area contributed by atoms with E-state index in [0.717, 1.165) is 10.4 Å². The number of pyridine rings is 1. The molecule has 0 fully saturated rings. The Morgan fingerprint density at radius 2 is 2.03 bits per heavy atom. The molecule has 0 unspecified atom stereocenters. The van der Waals surface area contributed by atoms with E-state index in [1.807, 2.05) is 12.1 Å². The predicted molar refractivity (Wildman–Crippen MR) is 107 cm³/mol. The van der Waals surface area contributed by atoms with E-state index in [1.54, 1.807) is 30.9 Å². The number of carbonyl (C=O) groups is 2. The first-order valence-corrected chi connectivity index (χ1v) is 9.87. The first-order valence-electron chi connectivity index (χ1n) is 8.99. The molecule has 2 amide bonds. The molecule has 0 atom stereocenters. The summed E-state index contributed by atoms with van der Waals surface area (Å²) < 4.78 is 12.6. The van der Waals surface area contributed by atoms with Crippen LogP contribution in [-0.4, -0.2) is 52.9 Å². The Labute approximate surface area is 170 Å². The number of carbonyl (C=O) groups excluding carboxylic acids is 2. The standard InChI is InChI=1S/C19H19N5O4S/c1-24-10-14-17(23-24)19(26)21-4-5-27-6-7-28-16-9-12(2-3-20-16)15-8-13(11-29-15)18(25)22-14/h2-3,8-11H,4-7H2,1H3,(H,21,26)(H,22,25). The number of aromatic nitrogens is 3. The number of amides is 2. The molecule has 4 bridgehead atoms. The molecule has 3 aromatic heterocycles. The van der Waals surface area contributed by atoms with Crippen molar-refractivity contribution in [2.45, 2.75) is 0 Å². The van der Waals surface area contributed by atoms with Crippen molar-refractivity contribution in [1.82, 2.24) is 20.1 Å². The number of thiophene rings is 1. The number of fused-ring (bicyclic) bond motifs is 6. The molecule has 0 radical (unpaired) electrons. The van der Waals surface area contributed by atoms with Crippen LogP contribution in [0.5, 0.6) is 5.88 Å². The van der Waals surface area contributed by atoms with E-state index < -0.39 is 0 Å². The molecule has 0 saturated heterocycles. The molecule has 4 heterocycles. The fraction of sp³-hybridized carbons (Fsp3) is 0.263. The van der Waals surface area contributed by atoms with Crippen LogP contribution in [0.3, 0.4) is 0 Å². The Balaban J connectivity index is 1.64. The molecule has 0 aliphatic carbocycles. The van der Waals surface area contributed by atoms with Gasteiger partial charge in [0.1, 0.15) is 6.61 Å². The summed E-state index contributed by atoms with van der Waals surface area (Å²) in [7, 11) is 1.69. The van der Waals surface area contributed by atoms with Crippen LogP contribution >= 0.6 is 11.3 Å². The molecule has 10 heteroatoms. The molecule has 29 heavy (non-hydrogen) atoms. The van der Waals surface area contributed by atoms with Gasteiger partial charge in [0.2, 0.25) is 5.88 Å². The number of nitrogens with one attached hydrogen (secondary N) is 2. The maximum Gasteiger partial charge on any atom is 0.274 e. The van der Waals surface area contributed by atoms with Crippen molar-refractivity contribution in [1.29, 1.82) is 0 Å². The summed E-state index contributed by atoms with van der Waals surface area (Å²) in [5.41, 5.74) is 1.90. The molecule has 150 valence electrons. The van der Waals surface area contributed by atoms with Crippen LogP contribution in [0.25, 0.3) is 10.4 Å². The third-order valence-electron chi connectivity index (χ3n) is 4.18. The van der Waals surface area contributed by atoms with Crippen molar-refractivity contribution in [3.05, 3.63) is 47.2 Å². The summed E-state index contributed by atoms with van der Waals surface area (Å²) in [6, 6.07) is 5.48. The zero-order valence-corrected chi connectivity index (χ0v) is 16.5. The van der Waals surface area contributed by atoms with Crippen LogP contribution in [0, 0.1) is 0 Å². The highest BCUT2D eigenvalue weighted by molar-refractivity contribution is 7.13. The lowest BCUT2D eigenvalue weighted by Crippen LogP contribution is -2.29. The minimum absolute atomic E-state index is 0.152. The summed E-state index contributed by atoms with van der Waals surface area (Å²) in [6.07, 6.45) is 3.27. The van der Waals surface area contributed by atoms with Gasteiger partial charge >= 0.3 is 0 Å². The maximum atomic E-state index is 12.7. The van der Waals surface area contributed by atoms with Crippen molar-refractivity contribution in [3.8, 4) is 16.3 Å². The van der Waals surface area contributed by atoms with Crippen LogP contribution in [0.4, 0.5) is 5.69 Å². The second-order valence-electron chi connectivity index (χ2n) is 6.32. The average Bonchev–Trinajstić information content (AvgIpc) is 3.34. The Bertz CT molecular complexity index is 1040. The van der Waals surface area contributed by atoms with Gasteiger partial charge in [-0.15, -0.1) is 11.3 Å². The van der Waals surface area contributed by atoms with Crippen LogP contribution in [0.15, 0.2) is 36.0 Å². The minimum atomic E-state index is -0.382. The largest absolute Gasteiger partial charge is 0.475 e. The van der Waals surface area contributed by atoms with Gasteiger partial charge in [0, 0.05) is 42.3 Å². The van der Waals surface area contributed by atoms with Crippen LogP contribution in [0.2, 0.25) is 0 Å². The average molecular weight is 413 g/mol. The van der Waals surface area contributed by atoms with Crippen LogP contribution < -0.4 is 15.4 Å². The molecular weight excluding hydrogens is 394 g/mol. The molecule has 3 aromatic rings. The van der Waals surface area contributed by atoms with Crippen molar-refractivity contribution >= 4 is 28.8 Å². The summed E-state index contributed by atoms with van der Waals surface area (Å²) >= 11 is 1.44. The molecular formula is C19H19N5O4S. The number of hydrogen-bond acceptors (Lipinski definition) is 7. The highest BCUT2D eigenvalue weighted by Crippen LogP contribution is 2.29. The number of ether oxygens (including phenoxy) is 2. The fourth-order valence-electron chi connectivity index (χ4n) is 2.82. The summed E-state index contributed by atoms with van der Waals surface area (Å²) in [5.74, 6) is -0.212. The third-order valence-corrected chi connectivity index (χ3v) is 5.16. The van der Waals surface area contributed by atoms with Gasteiger partial charge < -0.3 is 20.1 Å². The summed E-state index contributed by atoms with van der Waals surface area (Å²) in [6.45, 7) is 1.35. The van der Waals surface area contributed by atoms with E-state index in [0.29, 0.717) is 43.5 Å². The normalized spacial score (nSPS) is 15.3. The van der Waals surface area contributed by atoms with Gasteiger partial charge in [-0.3, -0.25) is 14.3 Å². The number of anilines is 1. The number of hydrogen-bond donors (Lipinski definition) is 2. The van der Waals surface area contributed by atoms with E-state index in [1.165, 1.54) is 16.0 Å². The first-order chi connectivity index (χ1) is 14.1. The highest BCUT2D eigenvalue weighted by Gasteiger charge is 2.19. The number of nitrogens with zero attached hydrogens (tertiary/aromatic N) is 3. The highest BCUT2D eigenvalue weighted by atomic mass is 32.1. The topological polar surface area (TPSA) is 107 Å². The second kappa shape index (κ2) is 8.41. The van der Waals surface area contributed by atoms with E-state index in [4.69, 9.17) is 9.47 Å². The molecule has 0 saturated carbocycles. The van der Waals surface area contributed by atoms with Gasteiger partial charge in [0.25, 0.3) is 11.8 Å². The maximum absolute atomic E-state index is 12.7. The van der Waals surface area contributed by atoms with Crippen LogP contribution in [-0.2, 0) is 11.8 Å². The van der Waals surface area contributed by atoms with Gasteiger partial charge in [0.15, 0.2) is 5.69 Å². The monoisotopic (exact) mass is 413 g/mol. The lowest BCUT2D eigenvalue weighted by atomic mass is 10.2. The number of aryl methyl sites for hydroxylation is 1. The van der Waals surface area contributed by atoms with Crippen molar-refractivity contribution in [2.75, 3.05) is 31.7 Å². The second-order valence-corrected chi connectivity index (χ2v) is 7.23. The zero-order chi connectivity index (χ0) is 20.2. The van der Waals surface area contributed by atoms with Crippen molar-refractivity contribution in [3.63, 3.8) is 0 Å². The Morgan fingerprint density at radius 1 is 1.14 bits per heavy atom. The van der Waals surface area contributed by atoms with Gasteiger partial charge in [-0.2, -0.15) is 5.10 Å². The first kappa shape index (κ1) is 19.1. The molecule has 0 aromatic carbocycles. The van der Waals surface area contributed by atoms with Gasteiger partial charge in [0.05, 0.1) is 24.5 Å². The Hall–Kier alpha value is -3.24. The van der Waals surface area contributed by atoms with E-state index in [2.05, 4.69) is 20.7 Å². The predicted octanol–water partition coefficient (Wildman–Crippen LogP) is 1.93. The van der Waals surface area contributed by atoms with Gasteiger partial charge in [-0.25, -0.2) is 4.98 Å². The minimum Gasteiger partial charge on any atom is -0.475 e. The molecule has 0 spiro atoms. The molecule has 4 rings (SSSR count). The summed E-state index contributed by atoms with van der Waals surface area (Å²) in [5, 5.41) is 11.4. The summed E-state index contributed by atoms with van der Waals surface area (Å²) in [4.78, 5) is 30.2. The van der Waals surface area contributed by atoms with E-state index in [-0.39, 0.29) is 17.5 Å². The molecule has 9 nitrogen and oxygen atoms in total. The van der Waals surface area contributed by atoms with E-state index in [9.17, 15) is 9.59 Å². The zero-order valence-electron chi connectivity index (χ0n) is 15.7. The van der Waals surface area contributed by atoms with Gasteiger partial charge in [-0.05, 0) is 17.7 Å². The lowest BCUT2D eigenvalue weighted by molar-refractivity contribution is 0.0859. The number of rotatable bonds is 0. The lowest BCUT2D eigenvalue weighted by Gasteiger charge is -2.09. The Kier molecular flexibility index (Phi) is 5.54. The van der Waals surface area contributed by atoms with Crippen molar-refractivity contribution in [2.24, 2.45) is 7.05 Å². The smallest absolute Gasteiger partial charge is 0.274 e. The third kappa shape index (κ3) is 4.44. The SMILES string of the molecule is Cn1cc2c(n1)C(=O)NCCOCCOc1cc(ccn1)-c1cc(cs1)C(=O)N2. The van der Waals surface area contributed by atoms with Crippen LogP contribution in [0.1, 0.15) is 20.8 Å². The van der Waals surface area contributed by atoms with Gasteiger partial charge in [-0.1, -0.05) is 0 Å². The molecule has 1 aliphatic rings. The Morgan fingerprint density at radius 3 is 2.93 bits per heavy atom. The van der Waals surface area contributed by atoms with E-state index >= 15 is 0 Å². The quantitative estimate of drug-likeness (QED) is 0.583. The fourth-order valence-corrected chi connectivity index (χ4v) is 3.71. The molecule has 1 aliphatic heterocycles.